The Hall–Kier alpha value is -0.000000000000000167. The summed E-state index contributed by atoms with van der Waals surface area (Å²) in [6, 6.07) is 5.14. The van der Waals surface area contributed by atoms with E-state index in [1.807, 2.05) is 0 Å². The molecule has 2 atom stereocenters. The highest BCUT2D eigenvalue weighted by Gasteiger charge is 2.35. The molecule has 1 aliphatic heterocycles. The van der Waals surface area contributed by atoms with Crippen LogP contribution in [-0.2, 0) is 20.2 Å². The molecule has 1 heterocycles. The summed E-state index contributed by atoms with van der Waals surface area (Å²) in [5, 5.41) is 0.542. The van der Waals surface area contributed by atoms with Crippen LogP contribution in [0.15, 0.2) is 18.2 Å². The van der Waals surface area contributed by atoms with Gasteiger partial charge in [-0.15, -0.1) is 0 Å². The second-order valence-corrected chi connectivity index (χ2v) is 8.27. The lowest BCUT2D eigenvalue weighted by atomic mass is 9.93. The maximum atomic E-state index is 11.6. The van der Waals surface area contributed by atoms with Gasteiger partial charge < -0.3 is 4.74 Å². The van der Waals surface area contributed by atoms with Gasteiger partial charge >= 0.3 is 0 Å². The van der Waals surface area contributed by atoms with Gasteiger partial charge in [-0.2, -0.15) is 0 Å². The SMILES string of the molecule is O=S(=O)(Cl)C1CCOCC1Cc1cc(Cl)ccc1Cl. The Kier molecular flexibility index (Phi) is 5.01. The van der Waals surface area contributed by atoms with Crippen molar-refractivity contribution >= 4 is 42.9 Å². The van der Waals surface area contributed by atoms with Gasteiger partial charge in [0.25, 0.3) is 0 Å². The fraction of sp³-hybridized carbons (Fsp3) is 0.500. The molecular weight excluding hydrogens is 331 g/mol. The lowest BCUT2D eigenvalue weighted by molar-refractivity contribution is 0.0577. The Balaban J connectivity index is 2.22. The molecule has 1 aromatic carbocycles. The van der Waals surface area contributed by atoms with Crippen LogP contribution in [0.25, 0.3) is 0 Å². The molecule has 1 saturated heterocycles. The third kappa shape index (κ3) is 3.99. The summed E-state index contributed by atoms with van der Waals surface area (Å²) in [6.07, 6.45) is 0.894. The van der Waals surface area contributed by atoms with Crippen molar-refractivity contribution in [3.63, 3.8) is 0 Å². The number of hydrogen-bond acceptors (Lipinski definition) is 3. The summed E-state index contributed by atoms with van der Waals surface area (Å²) in [5.74, 6) is -0.202. The maximum Gasteiger partial charge on any atom is 0.235 e. The smallest absolute Gasteiger partial charge is 0.235 e. The van der Waals surface area contributed by atoms with Gasteiger partial charge in [-0.05, 0) is 36.6 Å². The third-order valence-electron chi connectivity index (χ3n) is 3.26. The highest BCUT2D eigenvalue weighted by Crippen LogP contribution is 2.30. The standard InChI is InChI=1S/C12H13Cl3O3S/c13-10-1-2-11(14)8(6-10)5-9-7-18-4-3-12(9)19(15,16)17/h1-2,6,9,12H,3-5,7H2. The zero-order valence-electron chi connectivity index (χ0n) is 9.98. The molecule has 2 unspecified atom stereocenters. The van der Waals surface area contributed by atoms with Crippen LogP contribution in [0, 0.1) is 5.92 Å². The highest BCUT2D eigenvalue weighted by atomic mass is 35.7. The van der Waals surface area contributed by atoms with Crippen LogP contribution in [-0.4, -0.2) is 26.9 Å². The van der Waals surface area contributed by atoms with Crippen LogP contribution < -0.4 is 0 Å². The third-order valence-corrected chi connectivity index (χ3v) is 5.89. The Labute approximate surface area is 127 Å². The van der Waals surface area contributed by atoms with E-state index < -0.39 is 14.3 Å². The van der Waals surface area contributed by atoms with Crippen molar-refractivity contribution in [1.29, 1.82) is 0 Å². The van der Waals surface area contributed by atoms with Crippen molar-refractivity contribution in [2.75, 3.05) is 13.2 Å². The normalized spacial score (nSPS) is 24.4. The van der Waals surface area contributed by atoms with Crippen LogP contribution in [0.3, 0.4) is 0 Å². The van der Waals surface area contributed by atoms with Crippen molar-refractivity contribution in [2.45, 2.75) is 18.1 Å². The quantitative estimate of drug-likeness (QED) is 0.789. The lowest BCUT2D eigenvalue weighted by Crippen LogP contribution is -2.37. The molecule has 0 spiro atoms. The molecule has 1 aliphatic rings. The zero-order valence-corrected chi connectivity index (χ0v) is 13.1. The van der Waals surface area contributed by atoms with Gasteiger partial charge in [0.1, 0.15) is 0 Å². The molecule has 0 amide bonds. The van der Waals surface area contributed by atoms with Gasteiger partial charge in [0.05, 0.1) is 11.9 Å². The summed E-state index contributed by atoms with van der Waals surface area (Å²) >= 11 is 12.0. The second-order valence-electron chi connectivity index (χ2n) is 4.58. The fourth-order valence-electron chi connectivity index (χ4n) is 2.32. The molecule has 19 heavy (non-hydrogen) atoms. The van der Waals surface area contributed by atoms with Gasteiger partial charge in [-0.1, -0.05) is 23.2 Å². The van der Waals surface area contributed by atoms with Crippen LogP contribution >= 0.6 is 33.9 Å². The fourth-order valence-corrected chi connectivity index (χ4v) is 4.43. The monoisotopic (exact) mass is 342 g/mol. The number of ether oxygens (including phenoxy) is 1. The summed E-state index contributed by atoms with van der Waals surface area (Å²) in [7, 11) is 1.90. The molecule has 1 fully saturated rings. The van der Waals surface area contributed by atoms with E-state index in [-0.39, 0.29) is 5.92 Å². The van der Waals surface area contributed by atoms with E-state index in [4.69, 9.17) is 38.6 Å². The van der Waals surface area contributed by atoms with Gasteiger partial charge in [-0.25, -0.2) is 8.42 Å². The molecule has 0 aromatic heterocycles. The van der Waals surface area contributed by atoms with E-state index in [0.29, 0.717) is 36.1 Å². The van der Waals surface area contributed by atoms with Crippen molar-refractivity contribution in [3.8, 4) is 0 Å². The van der Waals surface area contributed by atoms with E-state index in [1.165, 1.54) is 0 Å². The molecule has 0 aliphatic carbocycles. The van der Waals surface area contributed by atoms with Gasteiger partial charge in [-0.3, -0.25) is 0 Å². The molecule has 3 nitrogen and oxygen atoms in total. The largest absolute Gasteiger partial charge is 0.381 e. The first-order chi connectivity index (χ1) is 8.88. The molecule has 0 saturated carbocycles. The maximum absolute atomic E-state index is 11.6. The minimum atomic E-state index is -3.60. The highest BCUT2D eigenvalue weighted by molar-refractivity contribution is 8.14. The molecule has 0 N–H and O–H groups in total. The van der Waals surface area contributed by atoms with E-state index in [9.17, 15) is 8.42 Å². The molecule has 106 valence electrons. The van der Waals surface area contributed by atoms with Crippen molar-refractivity contribution in [3.05, 3.63) is 33.8 Å². The lowest BCUT2D eigenvalue weighted by Gasteiger charge is -2.29. The van der Waals surface area contributed by atoms with Crippen LogP contribution in [0.2, 0.25) is 10.0 Å². The van der Waals surface area contributed by atoms with Crippen molar-refractivity contribution < 1.29 is 13.2 Å². The first-order valence-electron chi connectivity index (χ1n) is 5.83. The van der Waals surface area contributed by atoms with Gasteiger partial charge in [0, 0.05) is 33.3 Å². The summed E-state index contributed by atoms with van der Waals surface area (Å²) in [6.45, 7) is 0.774. The van der Waals surface area contributed by atoms with Crippen LogP contribution in [0.1, 0.15) is 12.0 Å². The molecule has 2 rings (SSSR count). The first-order valence-corrected chi connectivity index (χ1v) is 8.96. The Morgan fingerprint density at radius 1 is 1.32 bits per heavy atom. The Morgan fingerprint density at radius 3 is 2.74 bits per heavy atom. The Bertz CT molecular complexity index is 559. The van der Waals surface area contributed by atoms with E-state index >= 15 is 0 Å². The van der Waals surface area contributed by atoms with Crippen molar-refractivity contribution in [2.24, 2.45) is 5.92 Å². The summed E-state index contributed by atoms with van der Waals surface area (Å²) < 4.78 is 28.5. The topological polar surface area (TPSA) is 43.4 Å². The molecule has 7 heteroatoms. The summed E-state index contributed by atoms with van der Waals surface area (Å²) in [5.41, 5.74) is 0.815. The Morgan fingerprint density at radius 2 is 2.05 bits per heavy atom. The second kappa shape index (κ2) is 6.19. The number of hydrogen-bond donors (Lipinski definition) is 0. The average Bonchev–Trinajstić information content (AvgIpc) is 2.33. The van der Waals surface area contributed by atoms with Gasteiger partial charge in [0.2, 0.25) is 9.05 Å². The minimum absolute atomic E-state index is 0.202. The summed E-state index contributed by atoms with van der Waals surface area (Å²) in [4.78, 5) is 0. The number of halogens is 3. The average molecular weight is 344 g/mol. The van der Waals surface area contributed by atoms with E-state index in [2.05, 4.69) is 0 Å². The minimum Gasteiger partial charge on any atom is -0.381 e. The van der Waals surface area contributed by atoms with E-state index in [1.54, 1.807) is 18.2 Å². The van der Waals surface area contributed by atoms with Gasteiger partial charge in [0.15, 0.2) is 0 Å². The van der Waals surface area contributed by atoms with Crippen LogP contribution in [0.4, 0.5) is 0 Å². The predicted molar refractivity (Wildman–Crippen MR) is 77.7 cm³/mol. The number of benzene rings is 1. The van der Waals surface area contributed by atoms with Crippen molar-refractivity contribution in [1.82, 2.24) is 0 Å². The molecule has 0 bridgehead atoms. The predicted octanol–water partition coefficient (Wildman–Crippen LogP) is 3.51. The molecule has 1 aromatic rings. The number of rotatable bonds is 3. The molecule has 0 radical (unpaired) electrons. The first kappa shape index (κ1) is 15.4. The van der Waals surface area contributed by atoms with E-state index in [0.717, 1.165) is 5.56 Å². The zero-order chi connectivity index (χ0) is 14.0. The van der Waals surface area contributed by atoms with Crippen LogP contribution in [0.5, 0.6) is 0 Å². The molecular formula is C12H13Cl3O3S.